The summed E-state index contributed by atoms with van der Waals surface area (Å²) in [6, 6.07) is 0. The summed E-state index contributed by atoms with van der Waals surface area (Å²) < 4.78 is 0. The first-order valence-corrected chi connectivity index (χ1v) is 3.83. The fourth-order valence-corrected chi connectivity index (χ4v) is 1.19. The lowest BCUT2D eigenvalue weighted by Crippen LogP contribution is -2.18. The van der Waals surface area contributed by atoms with Gasteiger partial charge in [0.2, 0.25) is 5.95 Å². The molecule has 5 nitrogen and oxygen atoms in total. The molecule has 64 valence electrons. The van der Waals surface area contributed by atoms with E-state index < -0.39 is 0 Å². The standard InChI is InChI=1S/C7H10N4O/c8-4-5(3-1-2-3)10-7(9)11-6(4)12/h3H,1-2,8H2,(H3,9,10,11,12). The zero-order valence-electron chi connectivity index (χ0n) is 6.50. The van der Waals surface area contributed by atoms with Gasteiger partial charge in [-0.15, -0.1) is 0 Å². The zero-order valence-corrected chi connectivity index (χ0v) is 6.50. The number of nitrogens with one attached hydrogen (secondary N) is 1. The second-order valence-electron chi connectivity index (χ2n) is 3.02. The Balaban J connectivity index is 2.58. The van der Waals surface area contributed by atoms with E-state index in [0.717, 1.165) is 12.8 Å². The molecule has 0 aliphatic heterocycles. The van der Waals surface area contributed by atoms with Crippen LogP contribution < -0.4 is 17.0 Å². The van der Waals surface area contributed by atoms with Crippen LogP contribution in [-0.2, 0) is 0 Å². The summed E-state index contributed by atoms with van der Waals surface area (Å²) in [7, 11) is 0. The minimum absolute atomic E-state index is 0.149. The van der Waals surface area contributed by atoms with Crippen molar-refractivity contribution >= 4 is 11.6 Å². The van der Waals surface area contributed by atoms with Crippen molar-refractivity contribution in [1.29, 1.82) is 0 Å². The number of hydrogen-bond acceptors (Lipinski definition) is 4. The Morgan fingerprint density at radius 2 is 2.08 bits per heavy atom. The van der Waals surface area contributed by atoms with E-state index in [1.165, 1.54) is 0 Å². The van der Waals surface area contributed by atoms with E-state index in [0.29, 0.717) is 11.6 Å². The van der Waals surface area contributed by atoms with Gasteiger partial charge in [-0.1, -0.05) is 0 Å². The van der Waals surface area contributed by atoms with Gasteiger partial charge in [0.25, 0.3) is 5.56 Å². The third kappa shape index (κ3) is 1.03. The van der Waals surface area contributed by atoms with Crippen LogP contribution in [0.2, 0.25) is 0 Å². The second kappa shape index (κ2) is 2.23. The number of aromatic nitrogens is 2. The minimum Gasteiger partial charge on any atom is -0.393 e. The number of aromatic amines is 1. The highest BCUT2D eigenvalue weighted by Crippen LogP contribution is 2.40. The summed E-state index contributed by atoms with van der Waals surface area (Å²) in [5.41, 5.74) is 11.5. The number of nitrogen functional groups attached to an aromatic ring is 2. The zero-order chi connectivity index (χ0) is 8.72. The third-order valence-corrected chi connectivity index (χ3v) is 1.97. The van der Waals surface area contributed by atoms with Crippen LogP contribution in [0.5, 0.6) is 0 Å². The first kappa shape index (κ1) is 7.15. The molecule has 0 aromatic carbocycles. The van der Waals surface area contributed by atoms with Crippen LogP contribution in [0.3, 0.4) is 0 Å². The van der Waals surface area contributed by atoms with Crippen molar-refractivity contribution in [2.75, 3.05) is 11.5 Å². The lowest BCUT2D eigenvalue weighted by atomic mass is 10.2. The summed E-state index contributed by atoms with van der Waals surface area (Å²) in [5, 5.41) is 0. The summed E-state index contributed by atoms with van der Waals surface area (Å²) in [6.07, 6.45) is 2.11. The Kier molecular flexibility index (Phi) is 1.33. The summed E-state index contributed by atoms with van der Waals surface area (Å²) in [6.45, 7) is 0. The van der Waals surface area contributed by atoms with Gasteiger partial charge in [0.1, 0.15) is 5.69 Å². The Bertz CT molecular complexity index is 366. The molecule has 2 rings (SSSR count). The Hall–Kier alpha value is -1.52. The molecule has 1 aromatic heterocycles. The quantitative estimate of drug-likeness (QED) is 0.538. The van der Waals surface area contributed by atoms with E-state index in [9.17, 15) is 4.79 Å². The van der Waals surface area contributed by atoms with Crippen LogP contribution in [0.25, 0.3) is 0 Å². The number of H-pyrrole nitrogens is 1. The molecule has 1 saturated carbocycles. The maximum Gasteiger partial charge on any atom is 0.275 e. The molecule has 0 bridgehead atoms. The molecular weight excluding hydrogens is 156 g/mol. The average molecular weight is 166 g/mol. The SMILES string of the molecule is Nc1nc(C2CC2)c(N)c(=O)[nH]1. The molecule has 1 aliphatic carbocycles. The van der Waals surface area contributed by atoms with Crippen LogP contribution >= 0.6 is 0 Å². The molecule has 5 N–H and O–H groups in total. The monoisotopic (exact) mass is 166 g/mol. The van der Waals surface area contributed by atoms with Crippen molar-refractivity contribution in [3.05, 3.63) is 16.0 Å². The molecular formula is C7H10N4O. The number of hydrogen-bond donors (Lipinski definition) is 3. The van der Waals surface area contributed by atoms with E-state index >= 15 is 0 Å². The molecule has 1 fully saturated rings. The van der Waals surface area contributed by atoms with Crippen molar-refractivity contribution in [3.63, 3.8) is 0 Å². The fraction of sp³-hybridized carbons (Fsp3) is 0.429. The maximum atomic E-state index is 11.1. The van der Waals surface area contributed by atoms with Crippen molar-refractivity contribution < 1.29 is 0 Å². The normalized spacial score (nSPS) is 16.3. The molecule has 1 heterocycles. The van der Waals surface area contributed by atoms with E-state index in [2.05, 4.69) is 9.97 Å². The molecule has 0 saturated heterocycles. The highest BCUT2D eigenvalue weighted by molar-refractivity contribution is 5.46. The largest absolute Gasteiger partial charge is 0.393 e. The van der Waals surface area contributed by atoms with E-state index in [-0.39, 0.29) is 17.2 Å². The maximum absolute atomic E-state index is 11.1. The number of nitrogens with zero attached hydrogens (tertiary/aromatic N) is 1. The minimum atomic E-state index is -0.329. The number of rotatable bonds is 1. The van der Waals surface area contributed by atoms with Gasteiger partial charge in [-0.05, 0) is 12.8 Å². The third-order valence-electron chi connectivity index (χ3n) is 1.97. The first-order chi connectivity index (χ1) is 5.68. The highest BCUT2D eigenvalue weighted by Gasteiger charge is 2.28. The predicted molar refractivity (Wildman–Crippen MR) is 45.7 cm³/mol. The van der Waals surface area contributed by atoms with Crippen LogP contribution in [0, 0.1) is 0 Å². The van der Waals surface area contributed by atoms with Crippen molar-refractivity contribution in [2.24, 2.45) is 0 Å². The van der Waals surface area contributed by atoms with Gasteiger partial charge in [0.15, 0.2) is 0 Å². The van der Waals surface area contributed by atoms with Gasteiger partial charge in [-0.2, -0.15) is 0 Å². The molecule has 0 unspecified atom stereocenters. The Labute approximate surface area is 68.8 Å². The van der Waals surface area contributed by atoms with Gasteiger partial charge in [0, 0.05) is 5.92 Å². The molecule has 0 amide bonds. The molecule has 12 heavy (non-hydrogen) atoms. The summed E-state index contributed by atoms with van der Waals surface area (Å²) in [5.74, 6) is 0.505. The number of nitrogens with two attached hydrogens (primary N) is 2. The van der Waals surface area contributed by atoms with E-state index in [1.807, 2.05) is 0 Å². The van der Waals surface area contributed by atoms with Gasteiger partial charge in [-0.25, -0.2) is 4.98 Å². The van der Waals surface area contributed by atoms with Crippen LogP contribution in [0.4, 0.5) is 11.6 Å². The lowest BCUT2D eigenvalue weighted by Gasteiger charge is -2.01. The van der Waals surface area contributed by atoms with Crippen LogP contribution in [0.15, 0.2) is 4.79 Å². The van der Waals surface area contributed by atoms with Crippen molar-refractivity contribution in [3.8, 4) is 0 Å². The molecule has 1 aliphatic rings. The van der Waals surface area contributed by atoms with Crippen LogP contribution in [0.1, 0.15) is 24.5 Å². The second-order valence-corrected chi connectivity index (χ2v) is 3.02. The Morgan fingerprint density at radius 3 is 2.67 bits per heavy atom. The van der Waals surface area contributed by atoms with Gasteiger partial charge < -0.3 is 11.5 Å². The van der Waals surface area contributed by atoms with Gasteiger partial charge in [0.05, 0.1) is 5.69 Å². The number of anilines is 2. The highest BCUT2D eigenvalue weighted by atomic mass is 16.1. The smallest absolute Gasteiger partial charge is 0.275 e. The molecule has 1 aromatic rings. The van der Waals surface area contributed by atoms with E-state index in [4.69, 9.17) is 11.5 Å². The lowest BCUT2D eigenvalue weighted by molar-refractivity contribution is 0.989. The average Bonchev–Trinajstić information content (AvgIpc) is 2.79. The van der Waals surface area contributed by atoms with Crippen molar-refractivity contribution in [2.45, 2.75) is 18.8 Å². The molecule has 0 radical (unpaired) electrons. The van der Waals surface area contributed by atoms with Gasteiger partial charge in [-0.3, -0.25) is 9.78 Å². The topological polar surface area (TPSA) is 97.8 Å². The summed E-state index contributed by atoms with van der Waals surface area (Å²) in [4.78, 5) is 17.4. The predicted octanol–water partition coefficient (Wildman–Crippen LogP) is -0.188. The summed E-state index contributed by atoms with van der Waals surface area (Å²) >= 11 is 0. The van der Waals surface area contributed by atoms with Gasteiger partial charge >= 0.3 is 0 Å². The van der Waals surface area contributed by atoms with Crippen molar-refractivity contribution in [1.82, 2.24) is 9.97 Å². The fourth-order valence-electron chi connectivity index (χ4n) is 1.19. The molecule has 0 atom stereocenters. The molecule has 0 spiro atoms. The van der Waals surface area contributed by atoms with Crippen LogP contribution in [-0.4, -0.2) is 9.97 Å². The Morgan fingerprint density at radius 1 is 1.42 bits per heavy atom. The van der Waals surface area contributed by atoms with E-state index in [1.54, 1.807) is 0 Å². The first-order valence-electron chi connectivity index (χ1n) is 3.83. The molecule has 5 heteroatoms.